The molecule has 0 aliphatic rings. The molecule has 0 radical (unpaired) electrons. The van der Waals surface area contributed by atoms with Crippen LogP contribution >= 0.6 is 15.9 Å². The SMILES string of the molecule is C[C@H](NC(=O)CCn1cncn1)c1cccc(Br)c1. The highest BCUT2D eigenvalue weighted by Gasteiger charge is 2.09. The molecule has 1 aromatic heterocycles. The normalized spacial score (nSPS) is 12.1. The van der Waals surface area contributed by atoms with E-state index in [0.29, 0.717) is 13.0 Å². The number of amides is 1. The Morgan fingerprint density at radius 3 is 3.05 bits per heavy atom. The molecule has 0 spiro atoms. The fraction of sp³-hybridized carbons (Fsp3) is 0.308. The Morgan fingerprint density at radius 2 is 2.37 bits per heavy atom. The van der Waals surface area contributed by atoms with Crippen LogP contribution in [0.25, 0.3) is 0 Å². The van der Waals surface area contributed by atoms with Crippen LogP contribution in [0.1, 0.15) is 24.9 Å². The van der Waals surface area contributed by atoms with Gasteiger partial charge in [-0.05, 0) is 24.6 Å². The number of nitrogens with one attached hydrogen (secondary N) is 1. The molecular formula is C13H15BrN4O. The van der Waals surface area contributed by atoms with Crippen molar-refractivity contribution in [1.82, 2.24) is 20.1 Å². The van der Waals surface area contributed by atoms with Crippen LogP contribution in [0.2, 0.25) is 0 Å². The van der Waals surface area contributed by atoms with Gasteiger partial charge < -0.3 is 5.32 Å². The van der Waals surface area contributed by atoms with E-state index in [-0.39, 0.29) is 11.9 Å². The average molecular weight is 323 g/mol. The van der Waals surface area contributed by atoms with Gasteiger partial charge in [0.05, 0.1) is 12.6 Å². The minimum Gasteiger partial charge on any atom is -0.350 e. The first-order valence-electron chi connectivity index (χ1n) is 6.02. The Hall–Kier alpha value is -1.69. The molecule has 2 rings (SSSR count). The van der Waals surface area contributed by atoms with Crippen LogP contribution in [-0.2, 0) is 11.3 Å². The minimum absolute atomic E-state index is 0.00276. The fourth-order valence-electron chi connectivity index (χ4n) is 1.74. The summed E-state index contributed by atoms with van der Waals surface area (Å²) in [5.41, 5.74) is 1.07. The second kappa shape index (κ2) is 6.47. The van der Waals surface area contributed by atoms with Gasteiger partial charge in [-0.15, -0.1) is 0 Å². The van der Waals surface area contributed by atoms with Gasteiger partial charge in [0.15, 0.2) is 0 Å². The number of aromatic nitrogens is 3. The van der Waals surface area contributed by atoms with Crippen molar-refractivity contribution < 1.29 is 4.79 Å². The van der Waals surface area contributed by atoms with Crippen molar-refractivity contribution >= 4 is 21.8 Å². The largest absolute Gasteiger partial charge is 0.350 e. The monoisotopic (exact) mass is 322 g/mol. The lowest BCUT2D eigenvalue weighted by atomic mass is 10.1. The molecular weight excluding hydrogens is 308 g/mol. The predicted octanol–water partition coefficient (Wildman–Crippen LogP) is 2.31. The molecule has 1 aromatic carbocycles. The van der Waals surface area contributed by atoms with Crippen LogP contribution in [0.5, 0.6) is 0 Å². The van der Waals surface area contributed by atoms with E-state index in [4.69, 9.17) is 0 Å². The van der Waals surface area contributed by atoms with Crippen LogP contribution < -0.4 is 5.32 Å². The molecule has 2 aromatic rings. The number of carbonyl (C=O) groups is 1. The van der Waals surface area contributed by atoms with Gasteiger partial charge in [-0.2, -0.15) is 5.10 Å². The summed E-state index contributed by atoms with van der Waals surface area (Å²) in [6, 6.07) is 7.90. The van der Waals surface area contributed by atoms with Crippen LogP contribution in [0.4, 0.5) is 0 Å². The van der Waals surface area contributed by atoms with E-state index in [0.717, 1.165) is 10.0 Å². The van der Waals surface area contributed by atoms with Crippen molar-refractivity contribution in [3.63, 3.8) is 0 Å². The van der Waals surface area contributed by atoms with E-state index in [2.05, 4.69) is 31.3 Å². The number of hydrogen-bond acceptors (Lipinski definition) is 3. The van der Waals surface area contributed by atoms with Gasteiger partial charge in [0.2, 0.25) is 5.91 Å². The van der Waals surface area contributed by atoms with E-state index < -0.39 is 0 Å². The molecule has 0 fully saturated rings. The van der Waals surface area contributed by atoms with E-state index in [1.165, 1.54) is 6.33 Å². The smallest absolute Gasteiger partial charge is 0.222 e. The predicted molar refractivity (Wildman–Crippen MR) is 75.3 cm³/mol. The second-order valence-corrected chi connectivity index (χ2v) is 5.17. The van der Waals surface area contributed by atoms with Gasteiger partial charge in [-0.1, -0.05) is 28.1 Å². The molecule has 0 unspecified atom stereocenters. The van der Waals surface area contributed by atoms with Crippen molar-refractivity contribution in [3.8, 4) is 0 Å². The van der Waals surface area contributed by atoms with Crippen molar-refractivity contribution in [1.29, 1.82) is 0 Å². The number of hydrogen-bond donors (Lipinski definition) is 1. The lowest BCUT2D eigenvalue weighted by Gasteiger charge is -2.14. The molecule has 19 heavy (non-hydrogen) atoms. The summed E-state index contributed by atoms with van der Waals surface area (Å²) >= 11 is 3.42. The Morgan fingerprint density at radius 1 is 1.53 bits per heavy atom. The minimum atomic E-state index is -0.0132. The molecule has 0 aliphatic heterocycles. The maximum Gasteiger partial charge on any atom is 0.222 e. The lowest BCUT2D eigenvalue weighted by molar-refractivity contribution is -0.122. The molecule has 100 valence electrons. The van der Waals surface area contributed by atoms with Gasteiger partial charge in [0, 0.05) is 10.9 Å². The summed E-state index contributed by atoms with van der Waals surface area (Å²) in [6.45, 7) is 2.51. The number of halogens is 1. The molecule has 1 amide bonds. The summed E-state index contributed by atoms with van der Waals surface area (Å²) in [5.74, 6) is 0.00276. The summed E-state index contributed by atoms with van der Waals surface area (Å²) in [4.78, 5) is 15.7. The van der Waals surface area contributed by atoms with Gasteiger partial charge >= 0.3 is 0 Å². The van der Waals surface area contributed by atoms with E-state index in [1.807, 2.05) is 31.2 Å². The highest BCUT2D eigenvalue weighted by molar-refractivity contribution is 9.10. The first-order chi connectivity index (χ1) is 9.15. The van der Waals surface area contributed by atoms with Gasteiger partial charge in [-0.25, -0.2) is 4.98 Å². The third-order valence-electron chi connectivity index (χ3n) is 2.76. The Labute approximate surface area is 120 Å². The summed E-state index contributed by atoms with van der Waals surface area (Å²) in [6.07, 6.45) is 3.45. The molecule has 0 saturated heterocycles. The lowest BCUT2D eigenvalue weighted by Crippen LogP contribution is -2.27. The van der Waals surface area contributed by atoms with E-state index in [9.17, 15) is 4.79 Å². The summed E-state index contributed by atoms with van der Waals surface area (Å²) < 4.78 is 2.65. The molecule has 1 N–H and O–H groups in total. The molecule has 6 heteroatoms. The van der Waals surface area contributed by atoms with Crippen molar-refractivity contribution in [2.75, 3.05) is 0 Å². The Kier molecular flexibility index (Phi) is 4.68. The average Bonchev–Trinajstić information content (AvgIpc) is 2.89. The van der Waals surface area contributed by atoms with Gasteiger partial charge in [0.25, 0.3) is 0 Å². The zero-order valence-electron chi connectivity index (χ0n) is 10.6. The van der Waals surface area contributed by atoms with Gasteiger partial charge in [0.1, 0.15) is 12.7 Å². The zero-order valence-corrected chi connectivity index (χ0v) is 12.2. The fourth-order valence-corrected chi connectivity index (χ4v) is 2.15. The highest BCUT2D eigenvalue weighted by atomic mass is 79.9. The number of aryl methyl sites for hydroxylation is 1. The standard InChI is InChI=1S/C13H15BrN4O/c1-10(11-3-2-4-12(14)7-11)17-13(19)5-6-18-9-15-8-16-18/h2-4,7-10H,5-6H2,1H3,(H,17,19)/t10-/m0/s1. The number of benzene rings is 1. The number of carbonyl (C=O) groups excluding carboxylic acids is 1. The summed E-state index contributed by atoms with van der Waals surface area (Å²) in [7, 11) is 0. The first kappa shape index (κ1) is 13.7. The number of nitrogens with zero attached hydrogens (tertiary/aromatic N) is 3. The van der Waals surface area contributed by atoms with E-state index in [1.54, 1.807) is 11.0 Å². The quantitative estimate of drug-likeness (QED) is 0.918. The highest BCUT2D eigenvalue weighted by Crippen LogP contribution is 2.17. The van der Waals surface area contributed by atoms with E-state index >= 15 is 0 Å². The van der Waals surface area contributed by atoms with Crippen molar-refractivity contribution in [3.05, 3.63) is 47.0 Å². The van der Waals surface area contributed by atoms with Crippen LogP contribution in [0.3, 0.4) is 0 Å². The molecule has 1 heterocycles. The summed E-state index contributed by atoms with van der Waals surface area (Å²) in [5, 5.41) is 6.92. The Bertz CT molecular complexity index is 541. The Balaban J connectivity index is 1.84. The molecule has 1 atom stereocenters. The third-order valence-corrected chi connectivity index (χ3v) is 3.25. The molecule has 5 nitrogen and oxygen atoms in total. The van der Waals surface area contributed by atoms with Crippen molar-refractivity contribution in [2.24, 2.45) is 0 Å². The number of rotatable bonds is 5. The van der Waals surface area contributed by atoms with Crippen LogP contribution in [0.15, 0.2) is 41.4 Å². The second-order valence-electron chi connectivity index (χ2n) is 4.25. The van der Waals surface area contributed by atoms with Crippen LogP contribution in [-0.4, -0.2) is 20.7 Å². The van der Waals surface area contributed by atoms with Crippen LogP contribution in [0, 0.1) is 0 Å². The maximum atomic E-state index is 11.8. The van der Waals surface area contributed by atoms with Gasteiger partial charge in [-0.3, -0.25) is 9.48 Å². The third kappa shape index (κ3) is 4.17. The van der Waals surface area contributed by atoms with Crippen molar-refractivity contribution in [2.45, 2.75) is 25.9 Å². The molecule has 0 bridgehead atoms. The molecule has 0 aliphatic carbocycles. The zero-order chi connectivity index (χ0) is 13.7. The maximum absolute atomic E-state index is 11.8. The topological polar surface area (TPSA) is 59.8 Å². The molecule has 0 saturated carbocycles. The first-order valence-corrected chi connectivity index (χ1v) is 6.81.